The van der Waals surface area contributed by atoms with Crippen LogP contribution in [0.5, 0.6) is 0 Å². The van der Waals surface area contributed by atoms with Gasteiger partial charge in [-0.1, -0.05) is 48.5 Å². The van der Waals surface area contributed by atoms with Crippen LogP contribution < -0.4 is 5.43 Å². The maximum absolute atomic E-state index is 11.8. The van der Waals surface area contributed by atoms with Crippen molar-refractivity contribution in [3.05, 3.63) is 71.9 Å². The number of hydrazone groups is 1. The van der Waals surface area contributed by atoms with Gasteiger partial charge in [0.05, 0.1) is 6.42 Å². The summed E-state index contributed by atoms with van der Waals surface area (Å²) in [7, 11) is 2.03. The van der Waals surface area contributed by atoms with Crippen LogP contribution in [0.1, 0.15) is 11.1 Å². The number of amides is 1. The number of para-hydroxylation sites is 1. The van der Waals surface area contributed by atoms with Crippen LogP contribution in [0.3, 0.4) is 0 Å². The van der Waals surface area contributed by atoms with Crippen LogP contribution in [0.25, 0.3) is 10.9 Å². The maximum atomic E-state index is 11.8. The highest BCUT2D eigenvalue weighted by molar-refractivity contribution is 5.86. The molecule has 1 aromatic heterocycles. The van der Waals surface area contributed by atoms with Crippen molar-refractivity contribution >= 4 is 23.0 Å². The zero-order valence-electron chi connectivity index (χ0n) is 13.1. The molecule has 0 saturated heterocycles. The van der Waals surface area contributed by atoms with Crippen molar-refractivity contribution in [1.82, 2.24) is 9.99 Å². The van der Waals surface area contributed by atoms with E-state index in [1.54, 1.807) is 6.21 Å². The molecule has 2 aromatic carbocycles. The van der Waals surface area contributed by atoms with Gasteiger partial charge in [-0.25, -0.2) is 5.43 Å². The first-order chi connectivity index (χ1) is 11.2. The standard InChI is InChI=1S/C19H19N3O/c1-22-14-16(17-9-5-6-10-18(17)22)11-12-20-21-19(23)13-15-7-3-2-4-8-15/h2-10,12,14H,11,13H2,1H3,(H,21,23). The van der Waals surface area contributed by atoms with Crippen LogP contribution in [0.2, 0.25) is 0 Å². The number of fused-ring (bicyclic) bond motifs is 1. The molecule has 0 spiro atoms. The van der Waals surface area contributed by atoms with Gasteiger partial charge >= 0.3 is 0 Å². The van der Waals surface area contributed by atoms with Crippen molar-refractivity contribution in [1.29, 1.82) is 0 Å². The predicted octanol–water partition coefficient (Wildman–Crippen LogP) is 3.07. The van der Waals surface area contributed by atoms with Gasteiger partial charge in [-0.3, -0.25) is 4.79 Å². The summed E-state index contributed by atoms with van der Waals surface area (Å²) in [6.07, 6.45) is 4.87. The molecule has 0 radical (unpaired) electrons. The van der Waals surface area contributed by atoms with Gasteiger partial charge in [-0.15, -0.1) is 0 Å². The van der Waals surface area contributed by atoms with Gasteiger partial charge in [-0.2, -0.15) is 5.10 Å². The highest BCUT2D eigenvalue weighted by atomic mass is 16.2. The Morgan fingerprint density at radius 2 is 1.87 bits per heavy atom. The molecule has 1 N–H and O–H groups in total. The second kappa shape index (κ2) is 6.92. The van der Waals surface area contributed by atoms with E-state index in [1.807, 2.05) is 49.5 Å². The summed E-state index contributed by atoms with van der Waals surface area (Å²) in [5.74, 6) is -0.106. The van der Waals surface area contributed by atoms with E-state index in [9.17, 15) is 4.79 Å². The molecule has 3 aromatic rings. The van der Waals surface area contributed by atoms with Crippen molar-refractivity contribution in [2.24, 2.45) is 12.1 Å². The highest BCUT2D eigenvalue weighted by Gasteiger charge is 2.04. The molecular formula is C19H19N3O. The van der Waals surface area contributed by atoms with Gasteiger partial charge in [-0.05, 0) is 17.2 Å². The first kappa shape index (κ1) is 15.0. The van der Waals surface area contributed by atoms with Crippen LogP contribution in [0.4, 0.5) is 0 Å². The van der Waals surface area contributed by atoms with E-state index in [-0.39, 0.29) is 5.91 Å². The number of carbonyl (C=O) groups is 1. The normalized spacial score (nSPS) is 11.2. The fraction of sp³-hybridized carbons (Fsp3) is 0.158. The number of hydrogen-bond donors (Lipinski definition) is 1. The Balaban J connectivity index is 1.57. The summed E-state index contributed by atoms with van der Waals surface area (Å²) in [4.78, 5) is 11.8. The predicted molar refractivity (Wildman–Crippen MR) is 93.4 cm³/mol. The molecule has 3 rings (SSSR count). The fourth-order valence-electron chi connectivity index (χ4n) is 2.67. The Morgan fingerprint density at radius 1 is 1.13 bits per heavy atom. The molecule has 4 heteroatoms. The number of nitrogens with zero attached hydrogens (tertiary/aromatic N) is 2. The monoisotopic (exact) mass is 305 g/mol. The average Bonchev–Trinajstić information content (AvgIpc) is 2.89. The minimum Gasteiger partial charge on any atom is -0.350 e. The molecule has 0 unspecified atom stereocenters. The summed E-state index contributed by atoms with van der Waals surface area (Å²) >= 11 is 0. The van der Waals surface area contributed by atoms with Gasteiger partial charge in [0.1, 0.15) is 0 Å². The zero-order valence-corrected chi connectivity index (χ0v) is 13.1. The molecule has 0 aliphatic carbocycles. The molecule has 4 nitrogen and oxygen atoms in total. The largest absolute Gasteiger partial charge is 0.350 e. The number of aryl methyl sites for hydroxylation is 1. The molecule has 0 aliphatic heterocycles. The molecule has 0 bridgehead atoms. The Kier molecular flexibility index (Phi) is 4.52. The molecule has 23 heavy (non-hydrogen) atoms. The van der Waals surface area contributed by atoms with E-state index in [4.69, 9.17) is 0 Å². The summed E-state index contributed by atoms with van der Waals surface area (Å²) in [6, 6.07) is 17.9. The van der Waals surface area contributed by atoms with E-state index >= 15 is 0 Å². The number of aromatic nitrogens is 1. The van der Waals surface area contributed by atoms with Gasteiger partial charge in [0.2, 0.25) is 5.91 Å². The maximum Gasteiger partial charge on any atom is 0.244 e. The summed E-state index contributed by atoms with van der Waals surface area (Å²) in [5, 5.41) is 5.26. The number of hydrogen-bond acceptors (Lipinski definition) is 2. The Morgan fingerprint density at radius 3 is 2.70 bits per heavy atom. The lowest BCUT2D eigenvalue weighted by molar-refractivity contribution is -0.120. The van der Waals surface area contributed by atoms with Crippen molar-refractivity contribution in [2.75, 3.05) is 0 Å². The smallest absolute Gasteiger partial charge is 0.244 e. The van der Waals surface area contributed by atoms with E-state index in [0.29, 0.717) is 12.8 Å². The van der Waals surface area contributed by atoms with Crippen molar-refractivity contribution in [3.8, 4) is 0 Å². The topological polar surface area (TPSA) is 46.4 Å². The van der Waals surface area contributed by atoms with Gasteiger partial charge in [0.25, 0.3) is 0 Å². The van der Waals surface area contributed by atoms with Crippen molar-refractivity contribution in [2.45, 2.75) is 12.8 Å². The second-order valence-corrected chi connectivity index (χ2v) is 5.50. The highest BCUT2D eigenvalue weighted by Crippen LogP contribution is 2.19. The van der Waals surface area contributed by atoms with Gasteiger partial charge in [0, 0.05) is 36.8 Å². The molecule has 0 aliphatic rings. The van der Waals surface area contributed by atoms with E-state index in [1.165, 1.54) is 16.5 Å². The second-order valence-electron chi connectivity index (χ2n) is 5.50. The van der Waals surface area contributed by atoms with Gasteiger partial charge in [0.15, 0.2) is 0 Å². The number of rotatable bonds is 5. The Hall–Kier alpha value is -2.88. The Bertz CT molecular complexity index is 834. The molecule has 1 heterocycles. The minimum absolute atomic E-state index is 0.106. The summed E-state index contributed by atoms with van der Waals surface area (Å²) in [5.41, 5.74) is 5.96. The van der Waals surface area contributed by atoms with E-state index < -0.39 is 0 Å². The van der Waals surface area contributed by atoms with Crippen LogP contribution in [0.15, 0.2) is 65.9 Å². The lowest BCUT2D eigenvalue weighted by atomic mass is 10.1. The number of nitrogens with one attached hydrogen (secondary N) is 1. The molecule has 116 valence electrons. The zero-order chi connectivity index (χ0) is 16.1. The quantitative estimate of drug-likeness (QED) is 0.571. The average molecular weight is 305 g/mol. The van der Waals surface area contributed by atoms with Crippen LogP contribution in [-0.2, 0) is 24.7 Å². The molecule has 0 saturated carbocycles. The third-order valence-corrected chi connectivity index (χ3v) is 3.78. The van der Waals surface area contributed by atoms with Crippen LogP contribution in [0, 0.1) is 0 Å². The molecule has 0 fully saturated rings. The minimum atomic E-state index is -0.106. The first-order valence-corrected chi connectivity index (χ1v) is 7.61. The van der Waals surface area contributed by atoms with E-state index in [2.05, 4.69) is 33.4 Å². The Labute approximate surface area is 135 Å². The third-order valence-electron chi connectivity index (χ3n) is 3.78. The fourth-order valence-corrected chi connectivity index (χ4v) is 2.67. The summed E-state index contributed by atoms with van der Waals surface area (Å²) < 4.78 is 2.10. The number of benzene rings is 2. The molecule has 0 atom stereocenters. The lowest BCUT2D eigenvalue weighted by Gasteiger charge is -1.99. The lowest BCUT2D eigenvalue weighted by Crippen LogP contribution is -2.19. The SMILES string of the molecule is Cn1cc(CC=NNC(=O)Cc2ccccc2)c2ccccc21. The van der Waals surface area contributed by atoms with Crippen LogP contribution in [-0.4, -0.2) is 16.7 Å². The third kappa shape index (κ3) is 3.66. The molecule has 1 amide bonds. The van der Waals surface area contributed by atoms with Gasteiger partial charge < -0.3 is 4.57 Å². The van der Waals surface area contributed by atoms with Crippen molar-refractivity contribution in [3.63, 3.8) is 0 Å². The van der Waals surface area contributed by atoms with Crippen LogP contribution >= 0.6 is 0 Å². The molecular weight excluding hydrogens is 286 g/mol. The summed E-state index contributed by atoms with van der Waals surface area (Å²) in [6.45, 7) is 0. The first-order valence-electron chi connectivity index (χ1n) is 7.61. The number of carbonyl (C=O) groups excluding carboxylic acids is 1. The van der Waals surface area contributed by atoms with E-state index in [0.717, 1.165) is 5.56 Å². The van der Waals surface area contributed by atoms with Crippen molar-refractivity contribution < 1.29 is 4.79 Å².